The number of rotatable bonds is 10. The number of hydrogen-bond acceptors (Lipinski definition) is 5. The summed E-state index contributed by atoms with van der Waals surface area (Å²) in [5.41, 5.74) is 2.53. The van der Waals surface area contributed by atoms with Gasteiger partial charge in [0.2, 0.25) is 0 Å². The lowest BCUT2D eigenvalue weighted by Crippen LogP contribution is -2.33. The number of hydrogen-bond donors (Lipinski definition) is 1. The Kier molecular flexibility index (Phi) is 8.04. The molecule has 0 fully saturated rings. The minimum absolute atomic E-state index is 0.0543. The van der Waals surface area contributed by atoms with Crippen molar-refractivity contribution in [3.63, 3.8) is 0 Å². The molecule has 27 heavy (non-hydrogen) atoms. The van der Waals surface area contributed by atoms with E-state index in [1.54, 1.807) is 12.4 Å². The van der Waals surface area contributed by atoms with Gasteiger partial charge in [-0.1, -0.05) is 13.8 Å². The molecule has 0 radical (unpaired) electrons. The van der Waals surface area contributed by atoms with Gasteiger partial charge in [-0.25, -0.2) is 9.97 Å². The Balaban J connectivity index is 2.03. The van der Waals surface area contributed by atoms with Crippen LogP contribution in [0.5, 0.6) is 0 Å². The van der Waals surface area contributed by atoms with Gasteiger partial charge in [-0.05, 0) is 51.0 Å². The molecule has 0 atom stereocenters. The monoisotopic (exact) mass is 369 g/mol. The van der Waals surface area contributed by atoms with Gasteiger partial charge in [-0.3, -0.25) is 4.79 Å². The second-order valence-corrected chi connectivity index (χ2v) is 6.42. The third-order valence-corrected chi connectivity index (χ3v) is 4.41. The van der Waals surface area contributed by atoms with Gasteiger partial charge in [0, 0.05) is 37.6 Å². The van der Waals surface area contributed by atoms with Crippen molar-refractivity contribution < 1.29 is 4.79 Å². The Morgan fingerprint density at radius 3 is 2.04 bits per heavy atom. The Bertz CT molecular complexity index is 690. The summed E-state index contributed by atoms with van der Waals surface area (Å²) in [6.45, 7) is 11.9. The summed E-state index contributed by atoms with van der Waals surface area (Å²) in [5, 5.41) is 3.23. The first-order chi connectivity index (χ1) is 13.1. The van der Waals surface area contributed by atoms with Crippen LogP contribution in [0.25, 0.3) is 0 Å². The Morgan fingerprint density at radius 1 is 0.926 bits per heavy atom. The molecule has 146 valence electrons. The molecule has 2 aromatic rings. The van der Waals surface area contributed by atoms with Crippen molar-refractivity contribution >= 4 is 23.1 Å². The van der Waals surface area contributed by atoms with Crippen molar-refractivity contribution in [2.24, 2.45) is 0 Å². The first-order valence-electron chi connectivity index (χ1n) is 9.86. The van der Waals surface area contributed by atoms with E-state index in [1.807, 2.05) is 17.0 Å². The van der Waals surface area contributed by atoms with Crippen LogP contribution in [0.2, 0.25) is 0 Å². The summed E-state index contributed by atoms with van der Waals surface area (Å²) >= 11 is 0. The molecule has 1 heterocycles. The molecule has 0 saturated heterocycles. The highest BCUT2D eigenvalue weighted by atomic mass is 16.2. The molecular weight excluding hydrogens is 338 g/mol. The van der Waals surface area contributed by atoms with Crippen molar-refractivity contribution in [3.8, 4) is 0 Å². The topological polar surface area (TPSA) is 61.4 Å². The van der Waals surface area contributed by atoms with Gasteiger partial charge in [0.15, 0.2) is 0 Å². The lowest BCUT2D eigenvalue weighted by Gasteiger charge is -2.21. The quantitative estimate of drug-likeness (QED) is 0.675. The van der Waals surface area contributed by atoms with Crippen molar-refractivity contribution in [1.82, 2.24) is 14.9 Å². The Hall–Kier alpha value is -2.63. The van der Waals surface area contributed by atoms with Crippen molar-refractivity contribution in [1.29, 1.82) is 0 Å². The molecule has 1 amide bonds. The molecule has 0 aliphatic rings. The maximum atomic E-state index is 12.6. The summed E-state index contributed by atoms with van der Waals surface area (Å²) in [6.07, 6.45) is 5.03. The summed E-state index contributed by atoms with van der Waals surface area (Å²) in [4.78, 5) is 25.3. The molecular formula is C21H31N5O. The molecule has 0 aliphatic heterocycles. The number of benzene rings is 1. The van der Waals surface area contributed by atoms with Crippen LogP contribution in [0.4, 0.5) is 17.2 Å². The van der Waals surface area contributed by atoms with E-state index in [2.05, 4.69) is 60.0 Å². The van der Waals surface area contributed by atoms with Gasteiger partial charge in [-0.2, -0.15) is 0 Å². The largest absolute Gasteiger partial charge is 0.372 e. The molecule has 1 aromatic carbocycles. The predicted octanol–water partition coefficient (Wildman–Crippen LogP) is 4.33. The van der Waals surface area contributed by atoms with Gasteiger partial charge in [0.05, 0.1) is 12.4 Å². The van der Waals surface area contributed by atoms with Gasteiger partial charge in [-0.15, -0.1) is 0 Å². The van der Waals surface area contributed by atoms with Crippen molar-refractivity contribution in [2.45, 2.75) is 40.5 Å². The minimum Gasteiger partial charge on any atom is -0.372 e. The third-order valence-electron chi connectivity index (χ3n) is 4.41. The number of amides is 1. The predicted molar refractivity (Wildman–Crippen MR) is 112 cm³/mol. The number of nitrogens with one attached hydrogen (secondary N) is 1. The average Bonchev–Trinajstić information content (AvgIpc) is 2.70. The highest BCUT2D eigenvalue weighted by Gasteiger charge is 2.16. The zero-order valence-electron chi connectivity index (χ0n) is 16.9. The molecule has 0 aliphatic carbocycles. The zero-order valence-corrected chi connectivity index (χ0v) is 16.9. The average molecular weight is 370 g/mol. The molecule has 1 N–H and O–H groups in total. The first-order valence-corrected chi connectivity index (χ1v) is 9.86. The number of aromatic nitrogens is 2. The molecule has 1 aromatic heterocycles. The fourth-order valence-corrected chi connectivity index (χ4v) is 3.01. The smallest absolute Gasteiger partial charge is 0.274 e. The van der Waals surface area contributed by atoms with Crippen LogP contribution in [0, 0.1) is 0 Å². The van der Waals surface area contributed by atoms with E-state index >= 15 is 0 Å². The number of anilines is 3. The fraction of sp³-hybridized carbons (Fsp3) is 0.476. The molecule has 0 spiro atoms. The number of nitrogens with zero attached hydrogens (tertiary/aromatic N) is 4. The van der Waals surface area contributed by atoms with Crippen LogP contribution in [0.1, 0.15) is 51.0 Å². The molecule has 6 heteroatoms. The Labute approximate surface area is 162 Å². The summed E-state index contributed by atoms with van der Waals surface area (Å²) in [7, 11) is 0. The Morgan fingerprint density at radius 2 is 1.56 bits per heavy atom. The first kappa shape index (κ1) is 20.7. The van der Waals surface area contributed by atoms with Crippen LogP contribution < -0.4 is 10.2 Å². The van der Waals surface area contributed by atoms with Crippen LogP contribution in [0.3, 0.4) is 0 Å². The van der Waals surface area contributed by atoms with E-state index < -0.39 is 0 Å². The minimum atomic E-state index is -0.0543. The maximum absolute atomic E-state index is 12.6. The standard InChI is InChI=1S/C21H31N5O/c1-5-13-26(14-6-2)21(27)19-15-23-20(16-22-19)24-17-9-11-18(12-10-17)25(7-3)8-4/h9-12,15-16H,5-8,13-14H2,1-4H3,(H,23,24). The summed E-state index contributed by atoms with van der Waals surface area (Å²) in [6, 6.07) is 8.24. The van der Waals surface area contributed by atoms with Gasteiger partial charge in [0.1, 0.15) is 11.5 Å². The van der Waals surface area contributed by atoms with E-state index in [9.17, 15) is 4.79 Å². The molecule has 0 saturated carbocycles. The highest BCUT2D eigenvalue weighted by molar-refractivity contribution is 5.92. The lowest BCUT2D eigenvalue weighted by atomic mass is 10.2. The van der Waals surface area contributed by atoms with E-state index in [0.717, 1.165) is 44.7 Å². The van der Waals surface area contributed by atoms with Crippen LogP contribution in [-0.2, 0) is 0 Å². The van der Waals surface area contributed by atoms with Crippen LogP contribution >= 0.6 is 0 Å². The van der Waals surface area contributed by atoms with Crippen LogP contribution in [-0.4, -0.2) is 47.0 Å². The fourth-order valence-electron chi connectivity index (χ4n) is 3.01. The van der Waals surface area contributed by atoms with E-state index in [-0.39, 0.29) is 5.91 Å². The maximum Gasteiger partial charge on any atom is 0.274 e. The number of carbonyl (C=O) groups is 1. The summed E-state index contributed by atoms with van der Waals surface area (Å²) in [5.74, 6) is 0.570. The highest BCUT2D eigenvalue weighted by Crippen LogP contribution is 2.20. The number of carbonyl (C=O) groups excluding carboxylic acids is 1. The van der Waals surface area contributed by atoms with E-state index in [0.29, 0.717) is 11.5 Å². The third kappa shape index (κ3) is 5.67. The van der Waals surface area contributed by atoms with Crippen LogP contribution in [0.15, 0.2) is 36.7 Å². The van der Waals surface area contributed by atoms with Gasteiger partial charge < -0.3 is 15.1 Å². The van der Waals surface area contributed by atoms with E-state index in [4.69, 9.17) is 0 Å². The lowest BCUT2D eigenvalue weighted by molar-refractivity contribution is 0.0749. The normalized spacial score (nSPS) is 10.5. The molecule has 2 rings (SSSR count). The molecule has 0 unspecified atom stereocenters. The second-order valence-electron chi connectivity index (χ2n) is 6.42. The van der Waals surface area contributed by atoms with Gasteiger partial charge >= 0.3 is 0 Å². The molecule has 0 bridgehead atoms. The molecule has 6 nitrogen and oxygen atoms in total. The SMILES string of the molecule is CCCN(CCC)C(=O)c1cnc(Nc2ccc(N(CC)CC)cc2)cn1. The van der Waals surface area contributed by atoms with E-state index in [1.165, 1.54) is 5.69 Å². The van der Waals surface area contributed by atoms with Crippen molar-refractivity contribution in [2.75, 3.05) is 36.4 Å². The summed E-state index contributed by atoms with van der Waals surface area (Å²) < 4.78 is 0. The second kappa shape index (κ2) is 10.5. The van der Waals surface area contributed by atoms with Crippen molar-refractivity contribution in [3.05, 3.63) is 42.4 Å². The zero-order chi connectivity index (χ0) is 19.6. The van der Waals surface area contributed by atoms with Gasteiger partial charge in [0.25, 0.3) is 5.91 Å².